The van der Waals surface area contributed by atoms with E-state index in [-0.39, 0.29) is 61.2 Å². The molecule has 67 heavy (non-hydrogen) atoms. The van der Waals surface area contributed by atoms with Crippen molar-refractivity contribution in [3.8, 4) is 22.9 Å². The maximum absolute atomic E-state index is 15.0. The van der Waals surface area contributed by atoms with Gasteiger partial charge < -0.3 is 40.0 Å². The number of nitrogens with one attached hydrogen (secondary N) is 4. The molecule has 4 heterocycles. The van der Waals surface area contributed by atoms with Crippen LogP contribution in [0.15, 0.2) is 41.8 Å². The number of hydrogen-bond acceptors (Lipinski definition) is 13. The van der Waals surface area contributed by atoms with Gasteiger partial charge in [0, 0.05) is 41.4 Å². The molecule has 0 radical (unpaired) electrons. The molecule has 2 aromatic heterocycles. The molecular weight excluding hydrogens is 955 g/mol. The number of carbonyl (C=O) groups is 3. The maximum Gasteiger partial charge on any atom is 0.408 e. The van der Waals surface area contributed by atoms with Gasteiger partial charge in [-0.15, -0.1) is 11.3 Å². The van der Waals surface area contributed by atoms with Crippen molar-refractivity contribution in [3.63, 3.8) is 0 Å². The molecule has 2 saturated heterocycles. The summed E-state index contributed by atoms with van der Waals surface area (Å²) < 4.78 is 91.4. The molecule has 0 spiro atoms. The lowest BCUT2D eigenvalue weighted by atomic mass is 10.1. The topological polar surface area (TPSA) is 227 Å². The summed E-state index contributed by atoms with van der Waals surface area (Å²) in [5, 5.41) is 9.82. The fourth-order valence-corrected chi connectivity index (χ4v) is 14.0. The van der Waals surface area contributed by atoms with Gasteiger partial charge in [-0.2, -0.15) is 0 Å². The van der Waals surface area contributed by atoms with Crippen LogP contribution in [0.2, 0.25) is 5.02 Å². The number of hydrogen-bond donors (Lipinski definition) is 5. The fraction of sp³-hybridized carbons (Fsp3) is 0.523. The molecular formula is C44H53ClF2N7O10PS2. The number of ether oxygens (including phenoxy) is 3. The second-order valence-corrected chi connectivity index (χ2v) is 23.5. The molecule has 0 bridgehead atoms. The summed E-state index contributed by atoms with van der Waals surface area (Å²) >= 11 is 8.21. The summed E-state index contributed by atoms with van der Waals surface area (Å²) in [5.74, 6) is -4.24. The zero-order valence-electron chi connectivity index (χ0n) is 37.1. The molecule has 23 heteroatoms. The van der Waals surface area contributed by atoms with Crippen molar-refractivity contribution in [2.75, 3.05) is 31.3 Å². The number of nitrogens with zero attached hydrogens (tertiary/aromatic N) is 3. The highest BCUT2D eigenvalue weighted by Crippen LogP contribution is 2.71. The maximum atomic E-state index is 15.0. The molecule has 4 fully saturated rings. The number of anilines is 1. The molecule has 4 aromatic rings. The number of thiazole rings is 1. The molecule has 6 atom stereocenters. The summed E-state index contributed by atoms with van der Waals surface area (Å²) in [7, 11) is -7.29. The number of amides is 3. The molecule has 2 aromatic carbocycles. The lowest BCUT2D eigenvalue weighted by Gasteiger charge is -2.31. The lowest BCUT2D eigenvalue weighted by molar-refractivity contribution is -0.140. The minimum Gasteiger partial charge on any atom is -0.495 e. The van der Waals surface area contributed by atoms with Gasteiger partial charge >= 0.3 is 6.09 Å². The van der Waals surface area contributed by atoms with Gasteiger partial charge in [-0.25, -0.2) is 36.7 Å². The van der Waals surface area contributed by atoms with Gasteiger partial charge in [-0.1, -0.05) is 24.1 Å². The largest absolute Gasteiger partial charge is 0.495 e. The predicted molar refractivity (Wildman–Crippen MR) is 248 cm³/mol. The summed E-state index contributed by atoms with van der Waals surface area (Å²) in [6, 6.07) is 5.17. The first-order valence-electron chi connectivity index (χ1n) is 22.2. The van der Waals surface area contributed by atoms with E-state index in [1.807, 2.05) is 19.2 Å². The highest BCUT2D eigenvalue weighted by Gasteiger charge is 2.66. The molecule has 4 aliphatic rings. The van der Waals surface area contributed by atoms with E-state index in [0.29, 0.717) is 46.0 Å². The van der Waals surface area contributed by atoms with Crippen LogP contribution in [0.1, 0.15) is 77.2 Å². The van der Waals surface area contributed by atoms with Crippen LogP contribution < -0.4 is 30.1 Å². The minimum absolute atomic E-state index is 0.0492. The highest BCUT2D eigenvalue weighted by molar-refractivity contribution is 7.89. The van der Waals surface area contributed by atoms with Crippen LogP contribution in [-0.2, 0) is 35.1 Å². The van der Waals surface area contributed by atoms with E-state index >= 15 is 0 Å². The van der Waals surface area contributed by atoms with Gasteiger partial charge in [0.15, 0.2) is 5.13 Å². The third-order valence-electron chi connectivity index (χ3n) is 12.7. The molecule has 1 unspecified atom stereocenters. The third-order valence-corrected chi connectivity index (χ3v) is 18.0. The van der Waals surface area contributed by atoms with Crippen molar-refractivity contribution in [3.05, 3.63) is 64.0 Å². The van der Waals surface area contributed by atoms with Gasteiger partial charge in [0.2, 0.25) is 29.2 Å². The van der Waals surface area contributed by atoms with E-state index in [9.17, 15) is 41.0 Å². The fourth-order valence-electron chi connectivity index (χ4n) is 9.22. The smallest absolute Gasteiger partial charge is 0.408 e. The number of sulfonamides is 1. The summed E-state index contributed by atoms with van der Waals surface area (Å²) in [6.45, 7) is 3.09. The number of methoxy groups -OCH3 is 1. The normalized spacial score (nSPS) is 25.6. The molecule has 3 amide bonds. The number of rotatable bonds is 11. The lowest BCUT2D eigenvalue weighted by Crippen LogP contribution is -2.58. The van der Waals surface area contributed by atoms with E-state index in [1.54, 1.807) is 18.2 Å². The van der Waals surface area contributed by atoms with Crippen molar-refractivity contribution in [1.29, 1.82) is 0 Å². The first-order chi connectivity index (χ1) is 31.9. The van der Waals surface area contributed by atoms with Crippen LogP contribution in [0.4, 0.5) is 18.7 Å². The van der Waals surface area contributed by atoms with Crippen LogP contribution in [0.3, 0.4) is 0 Å². The first kappa shape index (κ1) is 48.8. The zero-order valence-corrected chi connectivity index (χ0v) is 40.3. The van der Waals surface area contributed by atoms with Crippen molar-refractivity contribution >= 4 is 74.3 Å². The van der Waals surface area contributed by atoms with Crippen LogP contribution >= 0.6 is 30.3 Å². The number of halogens is 3. The molecule has 17 nitrogen and oxygen atoms in total. The average Bonchev–Trinajstić information content (AvgIpc) is 3.69. The summed E-state index contributed by atoms with van der Waals surface area (Å²) in [6.07, 6.45) is 0.00806. The van der Waals surface area contributed by atoms with Crippen LogP contribution in [0.25, 0.3) is 22.3 Å². The van der Waals surface area contributed by atoms with Gasteiger partial charge in [-0.05, 0) is 89.0 Å². The van der Waals surface area contributed by atoms with E-state index in [2.05, 4.69) is 20.7 Å². The summed E-state index contributed by atoms with van der Waals surface area (Å²) in [4.78, 5) is 65.5. The third kappa shape index (κ3) is 10.7. The number of fused-ring (bicyclic) bond motifs is 3. The number of pyridine rings is 1. The van der Waals surface area contributed by atoms with Gasteiger partial charge in [0.25, 0.3) is 0 Å². The molecule has 2 aliphatic carbocycles. The van der Waals surface area contributed by atoms with Gasteiger partial charge in [-0.3, -0.25) is 14.2 Å². The number of benzene rings is 2. The standard InChI is InChI=1S/C44H53ClF2N7O10PS2/c1-24(2)49-42-51-34(23-66-42)32-18-37(28-14-15-36(62-3)38(45)39(28)50-32)63-27-17-35-40(55)53-44(65(58,59)22-29-30(46)12-8-13-31(29)47)19-25(44)9-6-7-16-67(60,61)48-20-33(41(56)54(35)21-27)52-43(57)64-26-10-4-5-11-26/h8,12-15,18,23-27,33,35,48H,4-7,9-11,16-17,19-22H2,1-3H3,(H,49,51)(H,52,57)(H,53,55)(H,58,59)/t25-,27+,33-,35-,44-/m0/s1. The Morgan fingerprint density at radius 3 is 2.51 bits per heavy atom. The Labute approximate surface area is 395 Å². The highest BCUT2D eigenvalue weighted by atomic mass is 35.5. The second-order valence-electron chi connectivity index (χ2n) is 17.8. The van der Waals surface area contributed by atoms with Crippen molar-refractivity contribution in [1.82, 2.24) is 30.2 Å². The minimum atomic E-state index is -4.72. The van der Waals surface area contributed by atoms with E-state index in [0.717, 1.165) is 35.9 Å². The van der Waals surface area contributed by atoms with Gasteiger partial charge in [0.1, 0.15) is 63.4 Å². The van der Waals surface area contributed by atoms with Crippen LogP contribution in [0, 0.1) is 17.6 Å². The Bertz CT molecular complexity index is 2690. The van der Waals surface area contributed by atoms with E-state index < -0.39 is 101 Å². The van der Waals surface area contributed by atoms with E-state index in [1.165, 1.54) is 18.4 Å². The SMILES string of the molecule is COc1ccc2c(O[C@@H]3C[C@H]4C(=O)N[C@]5(P(=O)(O)Cc6c(F)cccc6F)C[C@@H]5CCCCS(=O)(=O)NC[C@H](NC(=O)OC5CCCC5)C(=O)N4C3)cc(-c3csc(NC(C)C)n3)nc2c1Cl. The molecule has 2 saturated carbocycles. The predicted octanol–water partition coefficient (Wildman–Crippen LogP) is 6.91. The van der Waals surface area contributed by atoms with Crippen LogP contribution in [0.5, 0.6) is 11.5 Å². The Balaban J connectivity index is 1.17. The molecule has 8 rings (SSSR count). The Hall–Kier alpha value is -4.66. The zero-order chi connectivity index (χ0) is 47.8. The quantitative estimate of drug-likeness (QED) is 0.0964. The van der Waals surface area contributed by atoms with Crippen LogP contribution in [-0.4, -0.2) is 108 Å². The Morgan fingerprint density at radius 1 is 1.06 bits per heavy atom. The van der Waals surface area contributed by atoms with Crippen molar-refractivity contribution in [2.24, 2.45) is 5.92 Å². The van der Waals surface area contributed by atoms with Crippen molar-refractivity contribution < 1.29 is 55.3 Å². The Kier molecular flexibility index (Phi) is 14.4. The number of carbonyl (C=O) groups excluding carboxylic acids is 3. The molecule has 362 valence electrons. The van der Waals surface area contributed by atoms with Crippen molar-refractivity contribution in [2.45, 2.75) is 113 Å². The average molecular weight is 1010 g/mol. The second kappa shape index (κ2) is 19.7. The monoisotopic (exact) mass is 1010 g/mol. The summed E-state index contributed by atoms with van der Waals surface area (Å²) in [5.41, 5.74) is 0.579. The first-order valence-corrected chi connectivity index (χ1v) is 27.0. The van der Waals surface area contributed by atoms with Gasteiger partial charge in [0.05, 0.1) is 36.8 Å². The van der Waals surface area contributed by atoms with E-state index in [4.69, 9.17) is 35.8 Å². The molecule has 2 aliphatic heterocycles. The number of alkyl carbamates (subject to hydrolysis) is 1. The molecule has 5 N–H and O–H groups in total. The Morgan fingerprint density at radius 2 is 1.79 bits per heavy atom. The number of aromatic nitrogens is 2.